The summed E-state index contributed by atoms with van der Waals surface area (Å²) >= 11 is 6.09. The van der Waals surface area contributed by atoms with E-state index in [4.69, 9.17) is 16.3 Å². The van der Waals surface area contributed by atoms with Gasteiger partial charge in [0.05, 0.1) is 6.54 Å². The van der Waals surface area contributed by atoms with E-state index < -0.39 is 0 Å². The van der Waals surface area contributed by atoms with Gasteiger partial charge >= 0.3 is 0 Å². The van der Waals surface area contributed by atoms with Crippen molar-refractivity contribution in [2.24, 2.45) is 0 Å². The predicted molar refractivity (Wildman–Crippen MR) is 115 cm³/mol. The minimum absolute atomic E-state index is 0.431. The van der Waals surface area contributed by atoms with E-state index in [0.29, 0.717) is 30.7 Å². The molecule has 0 amide bonds. The van der Waals surface area contributed by atoms with E-state index in [2.05, 4.69) is 45.6 Å². The molecule has 0 radical (unpaired) electrons. The van der Waals surface area contributed by atoms with E-state index in [1.54, 1.807) is 10.8 Å². The van der Waals surface area contributed by atoms with E-state index >= 15 is 0 Å². The first kappa shape index (κ1) is 19.0. The van der Waals surface area contributed by atoms with Gasteiger partial charge in [0.1, 0.15) is 12.4 Å². The van der Waals surface area contributed by atoms with E-state index in [0.717, 1.165) is 27.6 Å². The van der Waals surface area contributed by atoms with Gasteiger partial charge in [-0.1, -0.05) is 65.2 Å². The second-order valence-electron chi connectivity index (χ2n) is 6.51. The van der Waals surface area contributed by atoms with Crippen LogP contribution in [0.25, 0.3) is 10.8 Å². The maximum absolute atomic E-state index is 6.16. The fraction of sp³-hybridized carbons (Fsp3) is 0.136. The molecule has 3 aromatic carbocycles. The molecule has 0 unspecified atom stereocenters. The van der Waals surface area contributed by atoms with Crippen molar-refractivity contribution in [3.8, 4) is 5.75 Å². The summed E-state index contributed by atoms with van der Waals surface area (Å²) in [6, 6.07) is 20.0. The summed E-state index contributed by atoms with van der Waals surface area (Å²) in [5.41, 5.74) is 2.05. The van der Waals surface area contributed by atoms with Crippen molar-refractivity contribution < 1.29 is 4.74 Å². The minimum atomic E-state index is 0.431. The maximum atomic E-state index is 6.16. The molecule has 4 aromatic rings. The molecular weight excluding hydrogens is 386 g/mol. The molecule has 6 nitrogen and oxygen atoms in total. The number of nitrogens with zero attached hydrogens (tertiary/aromatic N) is 4. The molecule has 0 spiro atoms. The number of halogens is 1. The Morgan fingerprint density at radius 2 is 2.00 bits per heavy atom. The Morgan fingerprint density at radius 1 is 1.10 bits per heavy atom. The van der Waals surface area contributed by atoms with Gasteiger partial charge < -0.3 is 10.1 Å². The molecule has 1 N–H and O–H groups in total. The highest BCUT2D eigenvalue weighted by Gasteiger charge is 2.12. The summed E-state index contributed by atoms with van der Waals surface area (Å²) in [7, 11) is 0. The van der Waals surface area contributed by atoms with Gasteiger partial charge in [-0.15, -0.1) is 6.58 Å². The average Bonchev–Trinajstić information content (AvgIpc) is 3.18. The lowest BCUT2D eigenvalue weighted by Gasteiger charge is -2.15. The van der Waals surface area contributed by atoms with Crippen molar-refractivity contribution in [1.29, 1.82) is 0 Å². The number of hydrogen-bond acceptors (Lipinski definition) is 5. The SMILES string of the molecule is C=CCn1nnnc1NCc1c(OCc2cccc(Cl)c2)ccc2ccccc12. The van der Waals surface area contributed by atoms with Crippen molar-refractivity contribution in [1.82, 2.24) is 20.2 Å². The van der Waals surface area contributed by atoms with Gasteiger partial charge in [-0.05, 0) is 45.0 Å². The zero-order valence-electron chi connectivity index (χ0n) is 15.8. The third-order valence-electron chi connectivity index (χ3n) is 4.54. The standard InChI is InChI=1S/C22H20ClN5O/c1-2-12-28-22(25-26-27-28)24-14-20-19-9-4-3-7-17(19)10-11-21(20)29-15-16-6-5-8-18(23)13-16/h2-11,13H,1,12,14-15H2,(H,24,25,27). The number of anilines is 1. The minimum Gasteiger partial charge on any atom is -0.489 e. The summed E-state index contributed by atoms with van der Waals surface area (Å²) in [6.07, 6.45) is 1.75. The highest BCUT2D eigenvalue weighted by molar-refractivity contribution is 6.30. The fourth-order valence-electron chi connectivity index (χ4n) is 3.17. The highest BCUT2D eigenvalue weighted by Crippen LogP contribution is 2.29. The molecule has 0 saturated heterocycles. The van der Waals surface area contributed by atoms with E-state index in [1.165, 1.54) is 0 Å². The van der Waals surface area contributed by atoms with Crippen LogP contribution in [0.5, 0.6) is 5.75 Å². The van der Waals surface area contributed by atoms with Crippen LogP contribution in [0.15, 0.2) is 73.3 Å². The molecule has 0 aliphatic carbocycles. The van der Waals surface area contributed by atoms with Gasteiger partial charge in [-0.2, -0.15) is 0 Å². The predicted octanol–water partition coefficient (Wildman–Crippen LogP) is 4.86. The number of benzene rings is 3. The number of tetrazole rings is 1. The fourth-order valence-corrected chi connectivity index (χ4v) is 3.38. The van der Waals surface area contributed by atoms with Crippen LogP contribution in [0.1, 0.15) is 11.1 Å². The van der Waals surface area contributed by atoms with Crippen molar-refractivity contribution in [2.75, 3.05) is 5.32 Å². The number of rotatable bonds is 8. The molecule has 0 saturated carbocycles. The summed E-state index contributed by atoms with van der Waals surface area (Å²) in [6.45, 7) is 5.21. The van der Waals surface area contributed by atoms with Gasteiger partial charge in [0.15, 0.2) is 0 Å². The van der Waals surface area contributed by atoms with Gasteiger partial charge in [0.2, 0.25) is 5.95 Å². The Balaban J connectivity index is 1.61. The molecule has 7 heteroatoms. The van der Waals surface area contributed by atoms with Gasteiger partial charge in [0.25, 0.3) is 0 Å². The van der Waals surface area contributed by atoms with Crippen LogP contribution in [-0.4, -0.2) is 20.2 Å². The van der Waals surface area contributed by atoms with Crippen LogP contribution in [-0.2, 0) is 19.7 Å². The van der Waals surface area contributed by atoms with Crippen LogP contribution >= 0.6 is 11.6 Å². The Labute approximate surface area is 173 Å². The Morgan fingerprint density at radius 3 is 2.86 bits per heavy atom. The lowest BCUT2D eigenvalue weighted by atomic mass is 10.0. The van der Waals surface area contributed by atoms with Crippen LogP contribution in [0.3, 0.4) is 0 Å². The Bertz CT molecular complexity index is 1140. The van der Waals surface area contributed by atoms with E-state index in [-0.39, 0.29) is 0 Å². The first-order valence-electron chi connectivity index (χ1n) is 9.23. The van der Waals surface area contributed by atoms with Crippen LogP contribution in [0.4, 0.5) is 5.95 Å². The molecule has 146 valence electrons. The van der Waals surface area contributed by atoms with Crippen LogP contribution in [0.2, 0.25) is 5.02 Å². The molecular formula is C22H20ClN5O. The number of aromatic nitrogens is 4. The highest BCUT2D eigenvalue weighted by atomic mass is 35.5. The molecule has 0 atom stereocenters. The van der Waals surface area contributed by atoms with E-state index in [1.807, 2.05) is 42.5 Å². The molecule has 29 heavy (non-hydrogen) atoms. The summed E-state index contributed by atoms with van der Waals surface area (Å²) in [4.78, 5) is 0. The number of nitrogens with one attached hydrogen (secondary N) is 1. The van der Waals surface area contributed by atoms with Gasteiger partial charge in [-0.25, -0.2) is 4.68 Å². The second-order valence-corrected chi connectivity index (χ2v) is 6.95. The lowest BCUT2D eigenvalue weighted by molar-refractivity contribution is 0.304. The summed E-state index contributed by atoms with van der Waals surface area (Å²) in [5.74, 6) is 1.39. The van der Waals surface area contributed by atoms with Crippen LogP contribution in [0, 0.1) is 0 Å². The topological polar surface area (TPSA) is 64.9 Å². The first-order chi connectivity index (χ1) is 14.2. The van der Waals surface area contributed by atoms with Crippen molar-refractivity contribution in [2.45, 2.75) is 19.7 Å². The summed E-state index contributed by atoms with van der Waals surface area (Å²) < 4.78 is 7.82. The quantitative estimate of drug-likeness (QED) is 0.424. The zero-order valence-corrected chi connectivity index (χ0v) is 16.5. The lowest BCUT2D eigenvalue weighted by Crippen LogP contribution is -2.10. The molecule has 0 fully saturated rings. The number of fused-ring (bicyclic) bond motifs is 1. The van der Waals surface area contributed by atoms with Gasteiger partial charge in [-0.3, -0.25) is 0 Å². The van der Waals surface area contributed by atoms with E-state index in [9.17, 15) is 0 Å². The third kappa shape index (κ3) is 4.38. The number of allylic oxidation sites excluding steroid dienone is 1. The molecule has 0 bridgehead atoms. The normalized spacial score (nSPS) is 10.8. The van der Waals surface area contributed by atoms with Crippen molar-refractivity contribution in [3.63, 3.8) is 0 Å². The van der Waals surface area contributed by atoms with Gasteiger partial charge in [0, 0.05) is 17.1 Å². The smallest absolute Gasteiger partial charge is 0.243 e. The second kappa shape index (κ2) is 8.75. The summed E-state index contributed by atoms with van der Waals surface area (Å²) in [5, 5.41) is 18.0. The zero-order chi connectivity index (χ0) is 20.1. The van der Waals surface area contributed by atoms with Crippen LogP contribution < -0.4 is 10.1 Å². The molecule has 1 aromatic heterocycles. The van der Waals surface area contributed by atoms with Crippen molar-refractivity contribution in [3.05, 3.63) is 89.5 Å². The number of hydrogen-bond donors (Lipinski definition) is 1. The first-order valence-corrected chi connectivity index (χ1v) is 9.61. The number of ether oxygens (including phenoxy) is 1. The average molecular weight is 406 g/mol. The maximum Gasteiger partial charge on any atom is 0.243 e. The molecule has 0 aliphatic heterocycles. The molecule has 1 heterocycles. The van der Waals surface area contributed by atoms with Crippen molar-refractivity contribution >= 4 is 28.3 Å². The Hall–Kier alpha value is -3.38. The largest absolute Gasteiger partial charge is 0.489 e. The molecule has 0 aliphatic rings. The Kier molecular flexibility index (Phi) is 5.72. The third-order valence-corrected chi connectivity index (χ3v) is 4.77. The molecule has 4 rings (SSSR count). The monoisotopic (exact) mass is 405 g/mol.